The highest BCUT2D eigenvalue weighted by molar-refractivity contribution is 9.10. The number of urea groups is 1. The van der Waals surface area contributed by atoms with Gasteiger partial charge in [-0.05, 0) is 37.1 Å². The predicted molar refractivity (Wildman–Crippen MR) is 72.4 cm³/mol. The quantitative estimate of drug-likeness (QED) is 0.901. The first-order valence-corrected chi connectivity index (χ1v) is 6.14. The van der Waals surface area contributed by atoms with Gasteiger partial charge in [0.2, 0.25) is 0 Å². The number of aryl methyl sites for hydroxylation is 2. The molecule has 0 heterocycles. The van der Waals surface area contributed by atoms with E-state index in [0.29, 0.717) is 6.54 Å². The third kappa shape index (κ3) is 3.71. The van der Waals surface area contributed by atoms with Crippen molar-refractivity contribution in [2.24, 2.45) is 0 Å². The molecule has 2 N–H and O–H groups in total. The van der Waals surface area contributed by atoms with E-state index in [-0.39, 0.29) is 12.6 Å². The van der Waals surface area contributed by atoms with Crippen molar-refractivity contribution in [2.45, 2.75) is 13.8 Å². The molecule has 0 aliphatic heterocycles. The van der Waals surface area contributed by atoms with Crippen LogP contribution in [0, 0.1) is 13.8 Å². The number of halogens is 1. The highest BCUT2D eigenvalue weighted by Gasteiger charge is 2.11. The smallest absolute Gasteiger partial charge is 0.321 e. The van der Waals surface area contributed by atoms with Crippen LogP contribution in [0.15, 0.2) is 16.6 Å². The molecular weight excluding hydrogens is 284 g/mol. The molecular formula is C12H17BrN2O2. The summed E-state index contributed by atoms with van der Waals surface area (Å²) in [4.78, 5) is 13.2. The summed E-state index contributed by atoms with van der Waals surface area (Å²) < 4.78 is 0.995. The maximum atomic E-state index is 11.8. The fraction of sp³-hybridized carbons (Fsp3) is 0.417. The Morgan fingerprint density at radius 1 is 1.41 bits per heavy atom. The van der Waals surface area contributed by atoms with Crippen molar-refractivity contribution in [3.63, 3.8) is 0 Å². The number of rotatable bonds is 3. The minimum atomic E-state index is -0.215. The number of carbonyl (C=O) groups excluding carboxylic acids is 1. The van der Waals surface area contributed by atoms with Crippen LogP contribution in [0.5, 0.6) is 0 Å². The van der Waals surface area contributed by atoms with Crippen LogP contribution >= 0.6 is 15.9 Å². The molecule has 0 spiro atoms. The number of aliphatic hydroxyl groups excluding tert-OH is 1. The first-order valence-electron chi connectivity index (χ1n) is 5.35. The Balaban J connectivity index is 2.85. The summed E-state index contributed by atoms with van der Waals surface area (Å²) in [5.74, 6) is 0. The van der Waals surface area contributed by atoms with E-state index in [1.807, 2.05) is 26.0 Å². The molecule has 0 aromatic heterocycles. The molecule has 0 unspecified atom stereocenters. The average Bonchev–Trinajstić information content (AvgIpc) is 2.23. The fourth-order valence-electron chi connectivity index (χ4n) is 1.56. The standard InChI is InChI=1S/C12H17BrN2O2/c1-8-6-10(13)7-9(2)11(8)14-12(17)15(3)4-5-16/h6-7,16H,4-5H2,1-3H3,(H,14,17). The molecule has 0 fully saturated rings. The van der Waals surface area contributed by atoms with Gasteiger partial charge in [-0.3, -0.25) is 0 Å². The number of hydrogen-bond acceptors (Lipinski definition) is 2. The second kappa shape index (κ2) is 6.02. The molecule has 0 atom stereocenters. The minimum Gasteiger partial charge on any atom is -0.395 e. The summed E-state index contributed by atoms with van der Waals surface area (Å²) >= 11 is 3.41. The summed E-state index contributed by atoms with van der Waals surface area (Å²) in [6, 6.07) is 3.69. The molecule has 0 aliphatic carbocycles. The number of carbonyl (C=O) groups is 1. The van der Waals surface area contributed by atoms with Gasteiger partial charge in [0.25, 0.3) is 0 Å². The van der Waals surface area contributed by atoms with Gasteiger partial charge in [0.15, 0.2) is 0 Å². The van der Waals surface area contributed by atoms with Crippen LogP contribution in [0.4, 0.5) is 10.5 Å². The Morgan fingerprint density at radius 3 is 2.41 bits per heavy atom. The van der Waals surface area contributed by atoms with Crippen LogP contribution in [0.1, 0.15) is 11.1 Å². The molecule has 17 heavy (non-hydrogen) atoms. The molecule has 5 heteroatoms. The SMILES string of the molecule is Cc1cc(Br)cc(C)c1NC(=O)N(C)CCO. The van der Waals surface area contributed by atoms with E-state index >= 15 is 0 Å². The van der Waals surface area contributed by atoms with Gasteiger partial charge in [-0.1, -0.05) is 15.9 Å². The molecule has 1 aromatic carbocycles. The fourth-order valence-corrected chi connectivity index (χ4v) is 2.25. The van der Waals surface area contributed by atoms with Crippen LogP contribution in [0.25, 0.3) is 0 Å². The Hall–Kier alpha value is -1.07. The van der Waals surface area contributed by atoms with Crippen molar-refractivity contribution < 1.29 is 9.90 Å². The Labute approximate surface area is 110 Å². The Bertz CT molecular complexity index is 398. The van der Waals surface area contributed by atoms with Gasteiger partial charge in [-0.15, -0.1) is 0 Å². The second-order valence-corrected chi connectivity index (χ2v) is 4.91. The number of anilines is 1. The van der Waals surface area contributed by atoms with Crippen LogP contribution in [-0.2, 0) is 0 Å². The highest BCUT2D eigenvalue weighted by Crippen LogP contribution is 2.25. The number of likely N-dealkylation sites (N-methyl/N-ethyl adjacent to an activating group) is 1. The van der Waals surface area contributed by atoms with E-state index in [9.17, 15) is 4.79 Å². The number of hydrogen-bond donors (Lipinski definition) is 2. The molecule has 0 saturated heterocycles. The van der Waals surface area contributed by atoms with Crippen LogP contribution < -0.4 is 5.32 Å². The van der Waals surface area contributed by atoms with Crippen molar-refractivity contribution in [1.82, 2.24) is 4.90 Å². The lowest BCUT2D eigenvalue weighted by atomic mass is 10.1. The van der Waals surface area contributed by atoms with E-state index < -0.39 is 0 Å². The van der Waals surface area contributed by atoms with Crippen LogP contribution in [0.3, 0.4) is 0 Å². The lowest BCUT2D eigenvalue weighted by Crippen LogP contribution is -2.33. The largest absolute Gasteiger partial charge is 0.395 e. The lowest BCUT2D eigenvalue weighted by Gasteiger charge is -2.19. The third-order valence-electron chi connectivity index (χ3n) is 2.51. The van der Waals surface area contributed by atoms with Crippen molar-refractivity contribution in [1.29, 1.82) is 0 Å². The van der Waals surface area contributed by atoms with E-state index in [1.165, 1.54) is 4.90 Å². The summed E-state index contributed by atoms with van der Waals surface area (Å²) in [6.45, 7) is 4.17. The predicted octanol–water partition coefficient (Wildman–Crippen LogP) is 2.52. The zero-order valence-electron chi connectivity index (χ0n) is 10.2. The molecule has 0 saturated carbocycles. The molecule has 2 amide bonds. The summed E-state index contributed by atoms with van der Waals surface area (Å²) in [6.07, 6.45) is 0. The van der Waals surface area contributed by atoms with Crippen molar-refractivity contribution in [3.05, 3.63) is 27.7 Å². The van der Waals surface area contributed by atoms with Gasteiger partial charge in [-0.25, -0.2) is 4.79 Å². The van der Waals surface area contributed by atoms with Crippen LogP contribution in [0.2, 0.25) is 0 Å². The Morgan fingerprint density at radius 2 is 1.94 bits per heavy atom. The van der Waals surface area contributed by atoms with Gasteiger partial charge < -0.3 is 15.3 Å². The first-order chi connectivity index (χ1) is 7.95. The van der Waals surface area contributed by atoms with Crippen LogP contribution in [-0.4, -0.2) is 36.2 Å². The average molecular weight is 301 g/mol. The number of amides is 2. The molecule has 0 bridgehead atoms. The van der Waals surface area contributed by atoms with Gasteiger partial charge in [0, 0.05) is 23.8 Å². The van der Waals surface area contributed by atoms with E-state index in [4.69, 9.17) is 5.11 Å². The van der Waals surface area contributed by atoms with E-state index in [1.54, 1.807) is 7.05 Å². The maximum absolute atomic E-state index is 11.8. The summed E-state index contributed by atoms with van der Waals surface area (Å²) in [7, 11) is 1.65. The first kappa shape index (κ1) is 14.0. The zero-order valence-corrected chi connectivity index (χ0v) is 11.8. The van der Waals surface area contributed by atoms with Crippen molar-refractivity contribution in [3.8, 4) is 0 Å². The van der Waals surface area contributed by atoms with Crippen molar-refractivity contribution in [2.75, 3.05) is 25.5 Å². The van der Waals surface area contributed by atoms with E-state index in [2.05, 4.69) is 21.2 Å². The highest BCUT2D eigenvalue weighted by atomic mass is 79.9. The minimum absolute atomic E-state index is 0.0395. The number of benzene rings is 1. The monoisotopic (exact) mass is 300 g/mol. The van der Waals surface area contributed by atoms with Crippen molar-refractivity contribution >= 4 is 27.6 Å². The lowest BCUT2D eigenvalue weighted by molar-refractivity contribution is 0.202. The van der Waals surface area contributed by atoms with Gasteiger partial charge in [0.05, 0.1) is 6.61 Å². The van der Waals surface area contributed by atoms with Gasteiger partial charge in [-0.2, -0.15) is 0 Å². The number of aliphatic hydroxyl groups is 1. The van der Waals surface area contributed by atoms with Gasteiger partial charge >= 0.3 is 6.03 Å². The Kier molecular flexibility index (Phi) is 4.96. The maximum Gasteiger partial charge on any atom is 0.321 e. The topological polar surface area (TPSA) is 52.6 Å². The summed E-state index contributed by atoms with van der Waals surface area (Å²) in [5, 5.41) is 11.6. The number of nitrogens with one attached hydrogen (secondary N) is 1. The van der Waals surface area contributed by atoms with Gasteiger partial charge in [0.1, 0.15) is 0 Å². The molecule has 4 nitrogen and oxygen atoms in total. The molecule has 1 rings (SSSR count). The second-order valence-electron chi connectivity index (χ2n) is 3.99. The molecule has 1 aromatic rings. The zero-order chi connectivity index (χ0) is 13.0. The number of nitrogens with zero attached hydrogens (tertiary/aromatic N) is 1. The van der Waals surface area contributed by atoms with E-state index in [0.717, 1.165) is 21.3 Å². The summed E-state index contributed by atoms with van der Waals surface area (Å²) in [5.41, 5.74) is 2.83. The third-order valence-corrected chi connectivity index (χ3v) is 2.97. The molecule has 0 radical (unpaired) electrons. The normalized spacial score (nSPS) is 10.2. The molecule has 94 valence electrons. The molecule has 0 aliphatic rings.